The third kappa shape index (κ3) is 7.79. The van der Waals surface area contributed by atoms with E-state index in [1.165, 1.54) is 0 Å². The van der Waals surface area contributed by atoms with Crippen molar-refractivity contribution in [3.05, 3.63) is 23.8 Å². The number of urea groups is 1. The van der Waals surface area contributed by atoms with Gasteiger partial charge in [-0.2, -0.15) is 0 Å². The van der Waals surface area contributed by atoms with E-state index < -0.39 is 0 Å². The molecule has 0 bridgehead atoms. The quantitative estimate of drug-likeness (QED) is 0.672. The third-order valence-corrected chi connectivity index (χ3v) is 1.86. The van der Waals surface area contributed by atoms with Crippen LogP contribution >= 0.6 is 0 Å². The van der Waals surface area contributed by atoms with E-state index in [2.05, 4.69) is 36.6 Å². The maximum Gasteiger partial charge on any atom is 0.315 e. The van der Waals surface area contributed by atoms with Gasteiger partial charge >= 0.3 is 6.03 Å². The second kappa shape index (κ2) is 8.09. The molecule has 0 aromatic heterocycles. The smallest absolute Gasteiger partial charge is 0.315 e. The van der Waals surface area contributed by atoms with Crippen LogP contribution in [0.5, 0.6) is 0 Å². The van der Waals surface area contributed by atoms with Crippen molar-refractivity contribution in [3.63, 3.8) is 0 Å². The van der Waals surface area contributed by atoms with Crippen LogP contribution in [0.3, 0.4) is 0 Å². The summed E-state index contributed by atoms with van der Waals surface area (Å²) in [5.41, 5.74) is 1.12. The number of amides is 2. The zero-order valence-corrected chi connectivity index (χ0v) is 10.1. The van der Waals surface area contributed by atoms with Crippen molar-refractivity contribution in [1.82, 2.24) is 10.6 Å². The Morgan fingerprint density at radius 1 is 1.33 bits per heavy atom. The third-order valence-electron chi connectivity index (χ3n) is 1.86. The average Bonchev–Trinajstić information content (AvgIpc) is 2.18. The van der Waals surface area contributed by atoms with Gasteiger partial charge in [-0.15, -0.1) is 0 Å². The van der Waals surface area contributed by atoms with Crippen LogP contribution in [0.2, 0.25) is 0 Å². The second-order valence-electron chi connectivity index (χ2n) is 3.68. The van der Waals surface area contributed by atoms with Crippen molar-refractivity contribution in [2.75, 3.05) is 13.1 Å². The van der Waals surface area contributed by atoms with Crippen LogP contribution in [0.1, 0.15) is 27.7 Å². The van der Waals surface area contributed by atoms with Gasteiger partial charge in [-0.25, -0.2) is 4.79 Å². The summed E-state index contributed by atoms with van der Waals surface area (Å²) in [6.07, 6.45) is 6.18. The molecule has 3 nitrogen and oxygen atoms in total. The molecule has 0 saturated carbocycles. The number of rotatable bonds is 5. The molecule has 0 unspecified atom stereocenters. The summed E-state index contributed by atoms with van der Waals surface area (Å²) in [4.78, 5) is 11.1. The first-order valence-corrected chi connectivity index (χ1v) is 5.45. The van der Waals surface area contributed by atoms with Crippen LogP contribution in [0.15, 0.2) is 23.8 Å². The normalized spacial score (nSPS) is 12.2. The second-order valence-corrected chi connectivity index (χ2v) is 3.68. The van der Waals surface area contributed by atoms with E-state index in [4.69, 9.17) is 0 Å². The minimum atomic E-state index is -0.116. The predicted molar refractivity (Wildman–Crippen MR) is 64.8 cm³/mol. The summed E-state index contributed by atoms with van der Waals surface area (Å²) in [5, 5.41) is 5.48. The van der Waals surface area contributed by atoms with Crippen LogP contribution in [0, 0.1) is 5.92 Å². The molecule has 2 amide bonds. The lowest BCUT2D eigenvalue weighted by Gasteiger charge is -2.06. The number of hydrogen-bond donors (Lipinski definition) is 2. The topological polar surface area (TPSA) is 41.1 Å². The Morgan fingerprint density at radius 3 is 2.47 bits per heavy atom. The maximum absolute atomic E-state index is 11.1. The fourth-order valence-corrected chi connectivity index (χ4v) is 0.979. The van der Waals surface area contributed by atoms with Crippen molar-refractivity contribution >= 4 is 6.03 Å². The van der Waals surface area contributed by atoms with Gasteiger partial charge in [0, 0.05) is 13.1 Å². The van der Waals surface area contributed by atoms with Crippen LogP contribution in [0.4, 0.5) is 4.79 Å². The van der Waals surface area contributed by atoms with Crippen LogP contribution in [0.25, 0.3) is 0 Å². The zero-order chi connectivity index (χ0) is 11.7. The van der Waals surface area contributed by atoms with Crippen LogP contribution in [-0.4, -0.2) is 19.1 Å². The number of carbonyl (C=O) groups excluding carboxylic acids is 1. The van der Waals surface area contributed by atoms with E-state index in [0.29, 0.717) is 19.0 Å². The van der Waals surface area contributed by atoms with Crippen molar-refractivity contribution in [2.45, 2.75) is 27.7 Å². The molecule has 0 saturated heterocycles. The first kappa shape index (κ1) is 13.8. The van der Waals surface area contributed by atoms with Gasteiger partial charge in [0.15, 0.2) is 0 Å². The maximum atomic E-state index is 11.1. The molecule has 0 radical (unpaired) electrons. The average molecular weight is 210 g/mol. The predicted octanol–water partition coefficient (Wildman–Crippen LogP) is 2.46. The fraction of sp³-hybridized carbons (Fsp3) is 0.583. The lowest BCUT2D eigenvalue weighted by molar-refractivity contribution is 0.242. The Balaban J connectivity index is 3.97. The number of carbonyl (C=O) groups is 1. The molecular formula is C12H22N2O. The number of allylic oxidation sites excluding steroid dienone is 2. The van der Waals surface area contributed by atoms with Crippen molar-refractivity contribution < 1.29 is 4.79 Å². The first-order valence-electron chi connectivity index (χ1n) is 5.45. The fourth-order valence-electron chi connectivity index (χ4n) is 0.979. The lowest BCUT2D eigenvalue weighted by Crippen LogP contribution is -2.36. The highest BCUT2D eigenvalue weighted by atomic mass is 16.2. The van der Waals surface area contributed by atoms with E-state index >= 15 is 0 Å². The minimum absolute atomic E-state index is 0.116. The summed E-state index contributed by atoms with van der Waals surface area (Å²) in [7, 11) is 0. The monoisotopic (exact) mass is 210 g/mol. The van der Waals surface area contributed by atoms with E-state index in [0.717, 1.165) is 5.57 Å². The standard InChI is InChI=1S/C12H22N2O/c1-5-11(8-7-10(3)4)9-14-12(15)13-6-2/h5,7-8,10H,6,9H2,1-4H3,(H2,13,14,15)/b8-7-,11-5+. The van der Waals surface area contributed by atoms with Gasteiger partial charge in [0.1, 0.15) is 0 Å². The molecule has 0 fully saturated rings. The van der Waals surface area contributed by atoms with Gasteiger partial charge in [-0.1, -0.05) is 32.1 Å². The molecule has 15 heavy (non-hydrogen) atoms. The summed E-state index contributed by atoms with van der Waals surface area (Å²) in [6.45, 7) is 9.35. The molecule has 0 spiro atoms. The Morgan fingerprint density at radius 2 is 2.00 bits per heavy atom. The summed E-state index contributed by atoms with van der Waals surface area (Å²) in [5.74, 6) is 0.532. The van der Waals surface area contributed by atoms with Crippen molar-refractivity contribution in [3.8, 4) is 0 Å². The molecule has 0 aliphatic carbocycles. The van der Waals surface area contributed by atoms with Gasteiger partial charge in [-0.05, 0) is 25.3 Å². The number of nitrogens with one attached hydrogen (secondary N) is 2. The molecule has 0 rings (SSSR count). The Hall–Kier alpha value is -1.25. The molecule has 3 heteroatoms. The van der Waals surface area contributed by atoms with Gasteiger partial charge in [-0.3, -0.25) is 0 Å². The van der Waals surface area contributed by atoms with Crippen LogP contribution < -0.4 is 10.6 Å². The molecule has 2 N–H and O–H groups in total. The van der Waals surface area contributed by atoms with E-state index in [9.17, 15) is 4.79 Å². The minimum Gasteiger partial charge on any atom is -0.338 e. The largest absolute Gasteiger partial charge is 0.338 e. The molecular weight excluding hydrogens is 188 g/mol. The zero-order valence-electron chi connectivity index (χ0n) is 10.1. The Kier molecular flexibility index (Phi) is 7.42. The summed E-state index contributed by atoms with van der Waals surface area (Å²) >= 11 is 0. The summed E-state index contributed by atoms with van der Waals surface area (Å²) in [6, 6.07) is -0.116. The summed E-state index contributed by atoms with van der Waals surface area (Å²) < 4.78 is 0. The first-order chi connectivity index (χ1) is 7.10. The highest BCUT2D eigenvalue weighted by molar-refractivity contribution is 5.74. The molecule has 0 aromatic rings. The molecule has 0 heterocycles. The highest BCUT2D eigenvalue weighted by Gasteiger charge is 1.97. The molecule has 0 aromatic carbocycles. The van der Waals surface area contributed by atoms with Crippen molar-refractivity contribution in [2.24, 2.45) is 5.92 Å². The van der Waals surface area contributed by atoms with Gasteiger partial charge in [0.25, 0.3) is 0 Å². The molecule has 86 valence electrons. The van der Waals surface area contributed by atoms with Crippen LogP contribution in [-0.2, 0) is 0 Å². The molecule has 0 aliphatic heterocycles. The van der Waals surface area contributed by atoms with E-state index in [1.807, 2.05) is 19.9 Å². The van der Waals surface area contributed by atoms with Gasteiger partial charge in [0.2, 0.25) is 0 Å². The van der Waals surface area contributed by atoms with Gasteiger partial charge in [0.05, 0.1) is 0 Å². The van der Waals surface area contributed by atoms with E-state index in [1.54, 1.807) is 0 Å². The van der Waals surface area contributed by atoms with Crippen molar-refractivity contribution in [1.29, 1.82) is 0 Å². The molecule has 0 atom stereocenters. The molecule has 0 aliphatic rings. The lowest BCUT2D eigenvalue weighted by atomic mass is 10.1. The SMILES string of the molecule is C/C=C(\C=C/C(C)C)CNC(=O)NCC. The Labute approximate surface area is 92.6 Å². The van der Waals surface area contributed by atoms with Gasteiger partial charge < -0.3 is 10.6 Å². The van der Waals surface area contributed by atoms with E-state index in [-0.39, 0.29) is 6.03 Å². The number of hydrogen-bond acceptors (Lipinski definition) is 1. The Bertz CT molecular complexity index is 242. The highest BCUT2D eigenvalue weighted by Crippen LogP contribution is 2.00.